The smallest absolute Gasteiger partial charge is 0.248 e. The molecule has 0 bridgehead atoms. The third-order valence-electron chi connectivity index (χ3n) is 3.95. The molecule has 0 spiro atoms. The number of halogens is 1. The van der Waals surface area contributed by atoms with Gasteiger partial charge >= 0.3 is 0 Å². The first-order valence-corrected chi connectivity index (χ1v) is 7.38. The summed E-state index contributed by atoms with van der Waals surface area (Å²) in [5, 5.41) is 3.52. The largest absolute Gasteiger partial charge is 0.375 e. The monoisotopic (exact) mass is 294 g/mol. The highest BCUT2D eigenvalue weighted by Crippen LogP contribution is 2.18. The summed E-state index contributed by atoms with van der Waals surface area (Å²) in [6.45, 7) is 3.68. The van der Waals surface area contributed by atoms with E-state index < -0.39 is 0 Å². The number of nitrogens with one attached hydrogen (secondary N) is 1. The molecule has 1 fully saturated rings. The number of nitrogens with zero attached hydrogens (tertiary/aromatic N) is 1. The molecule has 0 aromatic heterocycles. The highest BCUT2D eigenvalue weighted by molar-refractivity contribution is 5.77. The third-order valence-corrected chi connectivity index (χ3v) is 3.95. The van der Waals surface area contributed by atoms with Crippen LogP contribution in [0.25, 0.3) is 0 Å². The van der Waals surface area contributed by atoms with Crippen LogP contribution in [-0.2, 0) is 9.53 Å². The molecule has 1 N–H and O–H groups in total. The van der Waals surface area contributed by atoms with Crippen molar-refractivity contribution in [1.82, 2.24) is 10.2 Å². The zero-order valence-electron chi connectivity index (χ0n) is 12.6. The second kappa shape index (κ2) is 7.52. The summed E-state index contributed by atoms with van der Waals surface area (Å²) in [5.41, 5.74) is 0.952. The van der Waals surface area contributed by atoms with E-state index in [9.17, 15) is 9.18 Å². The first-order valence-electron chi connectivity index (χ1n) is 7.38. The van der Waals surface area contributed by atoms with Gasteiger partial charge in [-0.2, -0.15) is 0 Å². The van der Waals surface area contributed by atoms with Crippen LogP contribution < -0.4 is 5.32 Å². The quantitative estimate of drug-likeness (QED) is 0.904. The lowest BCUT2D eigenvalue weighted by Gasteiger charge is -2.34. The van der Waals surface area contributed by atoms with Crippen molar-refractivity contribution in [3.63, 3.8) is 0 Å². The predicted molar refractivity (Wildman–Crippen MR) is 79.4 cm³/mol. The Balaban J connectivity index is 1.82. The normalized spacial score (nSPS) is 17.8. The van der Waals surface area contributed by atoms with Gasteiger partial charge in [0, 0.05) is 32.3 Å². The molecule has 1 aromatic carbocycles. The van der Waals surface area contributed by atoms with Crippen LogP contribution in [0.4, 0.5) is 4.39 Å². The number of hydrogen-bond donors (Lipinski definition) is 1. The molecule has 1 atom stereocenters. The lowest BCUT2D eigenvalue weighted by molar-refractivity contribution is -0.136. The van der Waals surface area contributed by atoms with E-state index >= 15 is 0 Å². The first kappa shape index (κ1) is 15.9. The number of piperidine rings is 1. The average molecular weight is 294 g/mol. The fourth-order valence-corrected chi connectivity index (χ4v) is 2.74. The van der Waals surface area contributed by atoms with E-state index in [1.165, 1.54) is 13.2 Å². The molecule has 0 saturated carbocycles. The summed E-state index contributed by atoms with van der Waals surface area (Å²) >= 11 is 0. The summed E-state index contributed by atoms with van der Waals surface area (Å²) < 4.78 is 18.1. The molecule has 4 nitrogen and oxygen atoms in total. The number of benzene rings is 1. The fraction of sp³-hybridized carbons (Fsp3) is 0.562. The van der Waals surface area contributed by atoms with Gasteiger partial charge in [0.25, 0.3) is 0 Å². The van der Waals surface area contributed by atoms with Crippen molar-refractivity contribution < 1.29 is 13.9 Å². The van der Waals surface area contributed by atoms with Gasteiger partial charge in [0.05, 0.1) is 0 Å². The van der Waals surface area contributed by atoms with E-state index in [2.05, 4.69) is 5.32 Å². The molecule has 1 aromatic rings. The van der Waals surface area contributed by atoms with Crippen molar-refractivity contribution in [3.05, 3.63) is 35.6 Å². The maximum atomic E-state index is 13.2. The molecule has 2 rings (SSSR count). The van der Waals surface area contributed by atoms with Crippen molar-refractivity contribution >= 4 is 5.91 Å². The van der Waals surface area contributed by atoms with Crippen LogP contribution in [0, 0.1) is 5.82 Å². The van der Waals surface area contributed by atoms with E-state index in [4.69, 9.17) is 4.74 Å². The van der Waals surface area contributed by atoms with Crippen LogP contribution in [0.3, 0.4) is 0 Å². The molecular weight excluding hydrogens is 271 g/mol. The molecule has 0 aliphatic carbocycles. The van der Waals surface area contributed by atoms with E-state index in [0.717, 1.165) is 31.5 Å². The number of methoxy groups -OCH3 is 1. The minimum Gasteiger partial charge on any atom is -0.375 e. The van der Waals surface area contributed by atoms with Crippen molar-refractivity contribution in [2.45, 2.75) is 31.8 Å². The molecule has 1 aliphatic heterocycles. The number of carbonyl (C=O) groups excluding carboxylic acids is 1. The minimum absolute atomic E-state index is 0.0501. The molecule has 5 heteroatoms. The van der Waals surface area contributed by atoms with Gasteiger partial charge < -0.3 is 15.0 Å². The number of ether oxygens (including phenoxy) is 1. The van der Waals surface area contributed by atoms with Gasteiger partial charge in [-0.1, -0.05) is 12.1 Å². The Bertz CT molecular complexity index is 473. The van der Waals surface area contributed by atoms with Gasteiger partial charge in [-0.15, -0.1) is 0 Å². The van der Waals surface area contributed by atoms with Gasteiger partial charge in [0.2, 0.25) is 5.91 Å². The molecule has 1 heterocycles. The lowest BCUT2D eigenvalue weighted by atomic mass is 10.0. The van der Waals surface area contributed by atoms with Gasteiger partial charge in [0.15, 0.2) is 0 Å². The average Bonchev–Trinajstić information content (AvgIpc) is 2.48. The van der Waals surface area contributed by atoms with Crippen molar-refractivity contribution in [2.75, 3.05) is 26.8 Å². The maximum absolute atomic E-state index is 13.2. The number of likely N-dealkylation sites (tertiary alicyclic amines) is 1. The summed E-state index contributed by atoms with van der Waals surface area (Å²) in [7, 11) is 1.53. The van der Waals surface area contributed by atoms with Crippen molar-refractivity contribution in [1.29, 1.82) is 0 Å². The van der Waals surface area contributed by atoms with Gasteiger partial charge in [-0.05, 0) is 37.5 Å². The fourth-order valence-electron chi connectivity index (χ4n) is 2.74. The molecular formula is C16H23FN2O2. The predicted octanol–water partition coefficient (Wildman–Crippen LogP) is 2.11. The number of amides is 1. The van der Waals surface area contributed by atoms with Gasteiger partial charge in [0.1, 0.15) is 12.4 Å². The second-order valence-corrected chi connectivity index (χ2v) is 5.53. The molecule has 21 heavy (non-hydrogen) atoms. The molecule has 116 valence electrons. The summed E-state index contributed by atoms with van der Waals surface area (Å²) in [6.07, 6.45) is 1.82. The zero-order chi connectivity index (χ0) is 15.2. The number of rotatable bonds is 5. The van der Waals surface area contributed by atoms with E-state index in [-0.39, 0.29) is 24.4 Å². The standard InChI is InChI=1S/C16H23FN2O2/c1-12(13-4-3-5-14(17)10-13)18-15-6-8-19(9-7-15)16(20)11-21-2/h3-5,10,12,15,18H,6-9,11H2,1-2H3. The SMILES string of the molecule is COCC(=O)N1CCC(NC(C)c2cccc(F)c2)CC1. The van der Waals surface area contributed by atoms with E-state index in [1.807, 2.05) is 17.9 Å². The zero-order valence-corrected chi connectivity index (χ0v) is 12.6. The Hall–Kier alpha value is -1.46. The Morgan fingerprint density at radius 2 is 2.19 bits per heavy atom. The van der Waals surface area contributed by atoms with E-state index in [0.29, 0.717) is 6.04 Å². The Kier molecular flexibility index (Phi) is 5.70. The van der Waals surface area contributed by atoms with Crippen LogP contribution in [0.15, 0.2) is 24.3 Å². The molecule has 1 unspecified atom stereocenters. The van der Waals surface area contributed by atoms with Crippen LogP contribution in [0.2, 0.25) is 0 Å². The Morgan fingerprint density at radius 3 is 2.81 bits per heavy atom. The van der Waals surface area contributed by atoms with Crippen LogP contribution in [0.1, 0.15) is 31.4 Å². The topological polar surface area (TPSA) is 41.6 Å². The van der Waals surface area contributed by atoms with Crippen LogP contribution in [0.5, 0.6) is 0 Å². The highest BCUT2D eigenvalue weighted by atomic mass is 19.1. The van der Waals surface area contributed by atoms with Gasteiger partial charge in [-0.25, -0.2) is 4.39 Å². The first-order chi connectivity index (χ1) is 10.1. The second-order valence-electron chi connectivity index (χ2n) is 5.53. The van der Waals surface area contributed by atoms with Crippen LogP contribution >= 0.6 is 0 Å². The van der Waals surface area contributed by atoms with Crippen molar-refractivity contribution in [3.8, 4) is 0 Å². The van der Waals surface area contributed by atoms with E-state index in [1.54, 1.807) is 12.1 Å². The van der Waals surface area contributed by atoms with Gasteiger partial charge in [-0.3, -0.25) is 4.79 Å². The third kappa shape index (κ3) is 4.51. The summed E-state index contributed by atoms with van der Waals surface area (Å²) in [4.78, 5) is 13.6. The summed E-state index contributed by atoms with van der Waals surface area (Å²) in [5.74, 6) is -0.157. The Morgan fingerprint density at radius 1 is 1.48 bits per heavy atom. The highest BCUT2D eigenvalue weighted by Gasteiger charge is 2.23. The number of hydrogen-bond acceptors (Lipinski definition) is 3. The summed E-state index contributed by atoms with van der Waals surface area (Å²) in [6, 6.07) is 7.14. The van der Waals surface area contributed by atoms with Crippen molar-refractivity contribution in [2.24, 2.45) is 0 Å². The maximum Gasteiger partial charge on any atom is 0.248 e. The van der Waals surface area contributed by atoms with Crippen LogP contribution in [-0.4, -0.2) is 43.7 Å². The lowest BCUT2D eigenvalue weighted by Crippen LogP contribution is -2.46. The Labute approximate surface area is 125 Å². The molecule has 1 saturated heterocycles. The number of carbonyl (C=O) groups is 1. The minimum atomic E-state index is -0.207. The molecule has 1 aliphatic rings. The molecule has 0 radical (unpaired) electrons. The molecule has 1 amide bonds.